The molecule has 0 saturated carbocycles. The second-order valence-electron chi connectivity index (χ2n) is 4.88. The minimum Gasteiger partial charge on any atom is -0.472 e. The van der Waals surface area contributed by atoms with E-state index in [9.17, 15) is 8.42 Å². The second kappa shape index (κ2) is 6.51. The maximum Gasteiger partial charge on any atom is 0.279 e. The van der Waals surface area contributed by atoms with Crippen LogP contribution in [0.2, 0.25) is 0 Å². The maximum atomic E-state index is 12.2. The third-order valence-corrected chi connectivity index (χ3v) is 4.87. The van der Waals surface area contributed by atoms with Crippen molar-refractivity contribution >= 4 is 10.2 Å². The van der Waals surface area contributed by atoms with Gasteiger partial charge >= 0.3 is 0 Å². The van der Waals surface area contributed by atoms with E-state index in [1.807, 2.05) is 7.05 Å². The number of hydrogen-bond donors (Lipinski definition) is 2. The van der Waals surface area contributed by atoms with Gasteiger partial charge in [-0.15, -0.1) is 0 Å². The summed E-state index contributed by atoms with van der Waals surface area (Å²) in [6.45, 7) is 2.31. The van der Waals surface area contributed by atoms with Gasteiger partial charge in [0.05, 0.1) is 12.5 Å². The van der Waals surface area contributed by atoms with Crippen LogP contribution in [0, 0.1) is 5.92 Å². The van der Waals surface area contributed by atoms with Gasteiger partial charge in [-0.2, -0.15) is 17.4 Å². The minimum absolute atomic E-state index is 0.270. The zero-order chi connectivity index (χ0) is 13.7. The van der Waals surface area contributed by atoms with Crippen LogP contribution in [0.1, 0.15) is 18.4 Å². The van der Waals surface area contributed by atoms with Crippen molar-refractivity contribution in [2.45, 2.75) is 19.4 Å². The minimum atomic E-state index is -3.40. The Morgan fingerprint density at radius 3 is 3.05 bits per heavy atom. The van der Waals surface area contributed by atoms with Gasteiger partial charge in [0.15, 0.2) is 0 Å². The Morgan fingerprint density at radius 1 is 1.53 bits per heavy atom. The van der Waals surface area contributed by atoms with Crippen molar-refractivity contribution in [2.24, 2.45) is 5.92 Å². The smallest absolute Gasteiger partial charge is 0.279 e. The summed E-state index contributed by atoms with van der Waals surface area (Å²) < 4.78 is 33.5. The highest BCUT2D eigenvalue weighted by atomic mass is 32.2. The molecule has 19 heavy (non-hydrogen) atoms. The lowest BCUT2D eigenvalue weighted by atomic mass is 10.00. The SMILES string of the molecule is CNCC1CCCN(S(=O)(=O)NCc2ccoc2)C1. The first-order valence-electron chi connectivity index (χ1n) is 6.52. The molecule has 7 heteroatoms. The standard InChI is InChI=1S/C12H21N3O3S/c1-13-7-11-3-2-5-15(9-11)19(16,17)14-8-12-4-6-18-10-12/h4,6,10-11,13-14H,2-3,5,7-9H2,1H3. The number of nitrogens with zero attached hydrogens (tertiary/aromatic N) is 1. The Hall–Kier alpha value is -0.890. The van der Waals surface area contributed by atoms with Crippen LogP contribution in [-0.2, 0) is 16.8 Å². The fraction of sp³-hybridized carbons (Fsp3) is 0.667. The van der Waals surface area contributed by atoms with E-state index < -0.39 is 10.2 Å². The lowest BCUT2D eigenvalue weighted by molar-refractivity contribution is 0.261. The molecule has 0 bridgehead atoms. The van der Waals surface area contributed by atoms with Gasteiger partial charge in [0.2, 0.25) is 0 Å². The van der Waals surface area contributed by atoms with Gasteiger partial charge < -0.3 is 9.73 Å². The van der Waals surface area contributed by atoms with Crippen molar-refractivity contribution < 1.29 is 12.8 Å². The first-order valence-corrected chi connectivity index (χ1v) is 7.96. The molecule has 1 saturated heterocycles. The van der Waals surface area contributed by atoms with Gasteiger partial charge in [0, 0.05) is 25.2 Å². The molecular formula is C12H21N3O3S. The molecule has 2 rings (SSSR count). The summed E-state index contributed by atoms with van der Waals surface area (Å²) in [5.74, 6) is 0.393. The second-order valence-corrected chi connectivity index (χ2v) is 6.64. The summed E-state index contributed by atoms with van der Waals surface area (Å²) in [6, 6.07) is 1.75. The summed E-state index contributed by atoms with van der Waals surface area (Å²) in [5, 5.41) is 3.11. The van der Waals surface area contributed by atoms with Crippen molar-refractivity contribution in [3.8, 4) is 0 Å². The molecule has 1 atom stereocenters. The molecule has 2 N–H and O–H groups in total. The molecule has 1 aliphatic rings. The van der Waals surface area contributed by atoms with Crippen molar-refractivity contribution in [1.29, 1.82) is 0 Å². The summed E-state index contributed by atoms with van der Waals surface area (Å²) in [5.41, 5.74) is 0.826. The molecule has 1 unspecified atom stereocenters. The third kappa shape index (κ3) is 4.04. The summed E-state index contributed by atoms with van der Waals surface area (Å²) >= 11 is 0. The van der Waals surface area contributed by atoms with E-state index in [4.69, 9.17) is 4.42 Å². The van der Waals surface area contributed by atoms with Crippen LogP contribution >= 0.6 is 0 Å². The molecule has 1 fully saturated rings. The predicted molar refractivity (Wildman–Crippen MR) is 72.7 cm³/mol. The lowest BCUT2D eigenvalue weighted by Gasteiger charge is -2.31. The molecule has 0 aromatic carbocycles. The Kier molecular flexibility index (Phi) is 4.98. The molecule has 1 aliphatic heterocycles. The van der Waals surface area contributed by atoms with Crippen LogP contribution in [0.3, 0.4) is 0 Å². The van der Waals surface area contributed by atoms with Crippen molar-refractivity contribution in [3.05, 3.63) is 24.2 Å². The van der Waals surface area contributed by atoms with Gasteiger partial charge in [0.25, 0.3) is 10.2 Å². The normalized spacial score (nSPS) is 21.6. The molecule has 1 aromatic heterocycles. The van der Waals surface area contributed by atoms with E-state index in [1.165, 1.54) is 6.26 Å². The average molecular weight is 287 g/mol. The van der Waals surface area contributed by atoms with Crippen molar-refractivity contribution in [2.75, 3.05) is 26.7 Å². The Bertz CT molecular complexity index is 470. The van der Waals surface area contributed by atoms with Crippen molar-refractivity contribution in [3.63, 3.8) is 0 Å². The van der Waals surface area contributed by atoms with E-state index in [0.717, 1.165) is 24.9 Å². The molecule has 2 heterocycles. The Morgan fingerprint density at radius 2 is 2.37 bits per heavy atom. The van der Waals surface area contributed by atoms with Gasteiger partial charge in [0.1, 0.15) is 0 Å². The summed E-state index contributed by atoms with van der Waals surface area (Å²) in [7, 11) is -1.50. The molecule has 6 nitrogen and oxygen atoms in total. The van der Waals surface area contributed by atoms with Crippen molar-refractivity contribution in [1.82, 2.24) is 14.3 Å². The van der Waals surface area contributed by atoms with E-state index in [-0.39, 0.29) is 6.54 Å². The van der Waals surface area contributed by atoms with Crippen LogP contribution < -0.4 is 10.0 Å². The van der Waals surface area contributed by atoms with Crippen LogP contribution in [0.5, 0.6) is 0 Å². The highest BCUT2D eigenvalue weighted by Crippen LogP contribution is 2.18. The van der Waals surface area contributed by atoms with Gasteiger partial charge in [-0.05, 0) is 38.4 Å². The maximum absolute atomic E-state index is 12.2. The lowest BCUT2D eigenvalue weighted by Crippen LogP contribution is -2.47. The molecule has 1 aromatic rings. The largest absolute Gasteiger partial charge is 0.472 e. The van der Waals surface area contributed by atoms with Crippen LogP contribution in [0.25, 0.3) is 0 Å². The zero-order valence-corrected chi connectivity index (χ0v) is 11.9. The molecule has 0 aliphatic carbocycles. The topological polar surface area (TPSA) is 74.6 Å². The monoisotopic (exact) mass is 287 g/mol. The van der Waals surface area contributed by atoms with E-state index >= 15 is 0 Å². The highest BCUT2D eigenvalue weighted by Gasteiger charge is 2.28. The number of piperidine rings is 1. The van der Waals surface area contributed by atoms with Gasteiger partial charge in [-0.3, -0.25) is 0 Å². The van der Waals surface area contributed by atoms with E-state index in [1.54, 1.807) is 16.6 Å². The van der Waals surface area contributed by atoms with Crippen LogP contribution in [0.4, 0.5) is 0 Å². The van der Waals surface area contributed by atoms with E-state index in [0.29, 0.717) is 19.0 Å². The number of furan rings is 1. The van der Waals surface area contributed by atoms with Crippen LogP contribution in [0.15, 0.2) is 23.0 Å². The fourth-order valence-electron chi connectivity index (χ4n) is 2.36. The predicted octanol–water partition coefficient (Wildman–Crippen LogP) is 0.545. The third-order valence-electron chi connectivity index (χ3n) is 3.35. The fourth-order valence-corrected chi connectivity index (χ4v) is 3.67. The Balaban J connectivity index is 1.91. The first kappa shape index (κ1) is 14.5. The molecule has 0 radical (unpaired) electrons. The molecule has 0 spiro atoms. The summed E-state index contributed by atoms with van der Waals surface area (Å²) in [6.07, 6.45) is 5.07. The van der Waals surface area contributed by atoms with Crippen LogP contribution in [-0.4, -0.2) is 39.4 Å². The number of hydrogen-bond acceptors (Lipinski definition) is 4. The average Bonchev–Trinajstić information content (AvgIpc) is 2.90. The molecule has 108 valence electrons. The van der Waals surface area contributed by atoms with Gasteiger partial charge in [-0.25, -0.2) is 0 Å². The summed E-state index contributed by atoms with van der Waals surface area (Å²) in [4.78, 5) is 0. The number of rotatable bonds is 6. The number of nitrogens with one attached hydrogen (secondary N) is 2. The highest BCUT2D eigenvalue weighted by molar-refractivity contribution is 7.87. The van der Waals surface area contributed by atoms with E-state index in [2.05, 4.69) is 10.0 Å². The molecular weight excluding hydrogens is 266 g/mol. The molecule has 0 amide bonds. The quantitative estimate of drug-likeness (QED) is 0.801. The first-order chi connectivity index (χ1) is 9.12. The zero-order valence-electron chi connectivity index (χ0n) is 11.1. The Labute approximate surface area is 114 Å². The van der Waals surface area contributed by atoms with Gasteiger partial charge in [-0.1, -0.05) is 0 Å².